The highest BCUT2D eigenvalue weighted by atomic mass is 14.6. The zero-order chi connectivity index (χ0) is 12.1. The minimum absolute atomic E-state index is 0.303. The standard InChI is InChI=1S/C15H25N/c1-5-12-9-14(10-15(16)7-3)13(6-2)8-11(12)4/h8-9,15H,5-7,10,16H2,1-4H3. The summed E-state index contributed by atoms with van der Waals surface area (Å²) in [6.45, 7) is 8.81. The van der Waals surface area contributed by atoms with Crippen molar-refractivity contribution in [2.24, 2.45) is 5.73 Å². The molecule has 0 amide bonds. The lowest BCUT2D eigenvalue weighted by Gasteiger charge is -2.16. The van der Waals surface area contributed by atoms with E-state index in [1.165, 1.54) is 22.3 Å². The summed E-state index contributed by atoms with van der Waals surface area (Å²) in [6, 6.07) is 5.01. The van der Waals surface area contributed by atoms with Crippen molar-refractivity contribution in [3.63, 3.8) is 0 Å². The number of hydrogen-bond donors (Lipinski definition) is 1. The van der Waals surface area contributed by atoms with Gasteiger partial charge in [-0.3, -0.25) is 0 Å². The topological polar surface area (TPSA) is 26.0 Å². The summed E-state index contributed by atoms with van der Waals surface area (Å²) in [5, 5.41) is 0. The van der Waals surface area contributed by atoms with Crippen molar-refractivity contribution >= 4 is 0 Å². The maximum absolute atomic E-state index is 6.06. The van der Waals surface area contributed by atoms with Crippen LogP contribution in [0, 0.1) is 6.92 Å². The molecule has 0 heterocycles. The maximum atomic E-state index is 6.06. The van der Waals surface area contributed by atoms with Crippen LogP contribution in [0.2, 0.25) is 0 Å². The van der Waals surface area contributed by atoms with Gasteiger partial charge in [-0.1, -0.05) is 32.9 Å². The molecule has 0 saturated carbocycles. The molecule has 0 aromatic heterocycles. The molecule has 0 fully saturated rings. The molecule has 16 heavy (non-hydrogen) atoms. The highest BCUT2D eigenvalue weighted by Gasteiger charge is 2.08. The van der Waals surface area contributed by atoms with E-state index in [2.05, 4.69) is 39.8 Å². The van der Waals surface area contributed by atoms with Crippen molar-refractivity contribution in [3.8, 4) is 0 Å². The lowest BCUT2D eigenvalue weighted by atomic mass is 9.92. The van der Waals surface area contributed by atoms with E-state index in [1.807, 2.05) is 0 Å². The number of nitrogens with two attached hydrogens (primary N) is 1. The first kappa shape index (κ1) is 13.2. The first-order chi connectivity index (χ1) is 7.62. The third-order valence-electron chi connectivity index (χ3n) is 3.43. The molecule has 1 aromatic carbocycles. The van der Waals surface area contributed by atoms with Crippen LogP contribution in [0.5, 0.6) is 0 Å². The van der Waals surface area contributed by atoms with E-state index in [0.29, 0.717) is 6.04 Å². The summed E-state index contributed by atoms with van der Waals surface area (Å²) in [7, 11) is 0. The molecular weight excluding hydrogens is 194 g/mol. The van der Waals surface area contributed by atoms with Crippen molar-refractivity contribution in [3.05, 3.63) is 34.4 Å². The Bertz CT molecular complexity index is 342. The molecule has 1 aromatic rings. The summed E-state index contributed by atoms with van der Waals surface area (Å²) >= 11 is 0. The van der Waals surface area contributed by atoms with E-state index in [1.54, 1.807) is 0 Å². The summed E-state index contributed by atoms with van der Waals surface area (Å²) < 4.78 is 0. The molecule has 1 heteroatoms. The average Bonchev–Trinajstić information content (AvgIpc) is 2.30. The van der Waals surface area contributed by atoms with Crippen LogP contribution in [0.3, 0.4) is 0 Å². The number of benzene rings is 1. The molecule has 2 N–H and O–H groups in total. The van der Waals surface area contributed by atoms with Crippen LogP contribution in [0.25, 0.3) is 0 Å². The van der Waals surface area contributed by atoms with E-state index in [4.69, 9.17) is 5.73 Å². The van der Waals surface area contributed by atoms with Crippen molar-refractivity contribution in [2.75, 3.05) is 0 Å². The van der Waals surface area contributed by atoms with Crippen LogP contribution in [0.4, 0.5) is 0 Å². The van der Waals surface area contributed by atoms with Crippen LogP contribution in [-0.2, 0) is 19.3 Å². The predicted octanol–water partition coefficient (Wildman–Crippen LogP) is 3.40. The zero-order valence-electron chi connectivity index (χ0n) is 11.1. The zero-order valence-corrected chi connectivity index (χ0v) is 11.1. The first-order valence-electron chi connectivity index (χ1n) is 6.49. The molecular formula is C15H25N. The Balaban J connectivity index is 3.04. The molecule has 0 radical (unpaired) electrons. The third kappa shape index (κ3) is 3.08. The quantitative estimate of drug-likeness (QED) is 0.807. The van der Waals surface area contributed by atoms with Crippen molar-refractivity contribution < 1.29 is 0 Å². The van der Waals surface area contributed by atoms with Gasteiger partial charge in [0, 0.05) is 6.04 Å². The Kier molecular flexibility index (Phi) is 5.01. The summed E-state index contributed by atoms with van der Waals surface area (Å²) in [6.07, 6.45) is 4.30. The molecule has 1 unspecified atom stereocenters. The van der Waals surface area contributed by atoms with E-state index in [9.17, 15) is 0 Å². The Morgan fingerprint density at radius 1 is 1.00 bits per heavy atom. The summed E-state index contributed by atoms with van der Waals surface area (Å²) in [5.74, 6) is 0. The van der Waals surface area contributed by atoms with Gasteiger partial charge in [-0.05, 0) is 54.9 Å². The van der Waals surface area contributed by atoms with Crippen LogP contribution in [0.15, 0.2) is 12.1 Å². The second-order valence-corrected chi connectivity index (χ2v) is 4.63. The van der Waals surface area contributed by atoms with Gasteiger partial charge in [0.15, 0.2) is 0 Å². The number of aryl methyl sites for hydroxylation is 3. The Morgan fingerprint density at radius 3 is 2.12 bits per heavy atom. The second-order valence-electron chi connectivity index (χ2n) is 4.63. The molecule has 0 saturated heterocycles. The van der Waals surface area contributed by atoms with Gasteiger partial charge in [-0.2, -0.15) is 0 Å². The van der Waals surface area contributed by atoms with Crippen molar-refractivity contribution in [1.82, 2.24) is 0 Å². The molecule has 1 rings (SSSR count). The SMILES string of the molecule is CCc1cc(CC(N)CC)c(CC)cc1C. The molecule has 0 aliphatic rings. The largest absolute Gasteiger partial charge is 0.327 e. The fraction of sp³-hybridized carbons (Fsp3) is 0.600. The van der Waals surface area contributed by atoms with Gasteiger partial charge >= 0.3 is 0 Å². The van der Waals surface area contributed by atoms with Crippen LogP contribution < -0.4 is 5.73 Å². The molecule has 1 atom stereocenters. The summed E-state index contributed by atoms with van der Waals surface area (Å²) in [4.78, 5) is 0. The number of hydrogen-bond acceptors (Lipinski definition) is 1. The minimum atomic E-state index is 0.303. The lowest BCUT2D eigenvalue weighted by molar-refractivity contribution is 0.642. The summed E-state index contributed by atoms with van der Waals surface area (Å²) in [5.41, 5.74) is 11.9. The number of rotatable bonds is 5. The van der Waals surface area contributed by atoms with Crippen LogP contribution >= 0.6 is 0 Å². The molecule has 90 valence electrons. The van der Waals surface area contributed by atoms with Gasteiger partial charge in [0.2, 0.25) is 0 Å². The molecule has 0 bridgehead atoms. The highest BCUT2D eigenvalue weighted by molar-refractivity contribution is 5.38. The van der Waals surface area contributed by atoms with E-state index in [-0.39, 0.29) is 0 Å². The van der Waals surface area contributed by atoms with Gasteiger partial charge < -0.3 is 5.73 Å². The van der Waals surface area contributed by atoms with Crippen molar-refractivity contribution in [2.45, 2.75) is 59.4 Å². The highest BCUT2D eigenvalue weighted by Crippen LogP contribution is 2.19. The van der Waals surface area contributed by atoms with E-state index in [0.717, 1.165) is 25.7 Å². The lowest BCUT2D eigenvalue weighted by Crippen LogP contribution is -2.22. The maximum Gasteiger partial charge on any atom is 0.00768 e. The van der Waals surface area contributed by atoms with Gasteiger partial charge in [-0.15, -0.1) is 0 Å². The Labute approximate surface area is 100 Å². The second kappa shape index (κ2) is 6.05. The molecule has 0 aliphatic heterocycles. The molecule has 1 nitrogen and oxygen atoms in total. The fourth-order valence-electron chi connectivity index (χ4n) is 2.19. The normalized spacial score (nSPS) is 12.8. The smallest absolute Gasteiger partial charge is 0.00768 e. The van der Waals surface area contributed by atoms with Gasteiger partial charge in [0.05, 0.1) is 0 Å². The van der Waals surface area contributed by atoms with Gasteiger partial charge in [0.25, 0.3) is 0 Å². The Hall–Kier alpha value is -0.820. The van der Waals surface area contributed by atoms with Gasteiger partial charge in [0.1, 0.15) is 0 Å². The first-order valence-corrected chi connectivity index (χ1v) is 6.49. The van der Waals surface area contributed by atoms with Crippen molar-refractivity contribution in [1.29, 1.82) is 0 Å². The van der Waals surface area contributed by atoms with E-state index < -0.39 is 0 Å². The van der Waals surface area contributed by atoms with Crippen LogP contribution in [0.1, 0.15) is 49.4 Å². The fourth-order valence-corrected chi connectivity index (χ4v) is 2.19. The monoisotopic (exact) mass is 219 g/mol. The van der Waals surface area contributed by atoms with Gasteiger partial charge in [-0.25, -0.2) is 0 Å². The molecule has 0 aliphatic carbocycles. The Morgan fingerprint density at radius 2 is 1.62 bits per heavy atom. The molecule has 0 spiro atoms. The average molecular weight is 219 g/mol. The predicted molar refractivity (Wildman–Crippen MR) is 71.9 cm³/mol. The third-order valence-corrected chi connectivity index (χ3v) is 3.43. The van der Waals surface area contributed by atoms with Crippen LogP contribution in [-0.4, -0.2) is 6.04 Å². The minimum Gasteiger partial charge on any atom is -0.327 e. The van der Waals surface area contributed by atoms with E-state index >= 15 is 0 Å².